The number of nitrogens with zero attached hydrogens (tertiary/aromatic N) is 4. The first-order valence-corrected chi connectivity index (χ1v) is 7.99. The fourth-order valence-electron chi connectivity index (χ4n) is 2.47. The maximum atomic E-state index is 12.4. The summed E-state index contributed by atoms with van der Waals surface area (Å²) in [6, 6.07) is 0. The lowest BCUT2D eigenvalue weighted by molar-refractivity contribution is 0.204. The number of nitrogens with one attached hydrogen (secondary N) is 1. The van der Waals surface area contributed by atoms with Gasteiger partial charge in [0, 0.05) is 27.1 Å². The summed E-state index contributed by atoms with van der Waals surface area (Å²) >= 11 is 0. The Morgan fingerprint density at radius 3 is 2.64 bits per heavy atom. The highest BCUT2D eigenvalue weighted by molar-refractivity contribution is 5.62. The van der Waals surface area contributed by atoms with E-state index in [9.17, 15) is 9.59 Å². The largest absolute Gasteiger partial charge is 0.424 e. The van der Waals surface area contributed by atoms with E-state index in [-0.39, 0.29) is 24.0 Å². The second-order valence-corrected chi connectivity index (χ2v) is 6.13. The molecule has 0 bridgehead atoms. The predicted molar refractivity (Wildman–Crippen MR) is 92.5 cm³/mol. The third-order valence-electron chi connectivity index (χ3n) is 3.54. The first-order valence-electron chi connectivity index (χ1n) is 7.99. The van der Waals surface area contributed by atoms with E-state index in [1.54, 1.807) is 18.9 Å². The smallest absolute Gasteiger partial charge is 0.330 e. The Kier molecular flexibility index (Phi) is 5.97. The Morgan fingerprint density at radius 2 is 2.08 bits per heavy atom. The van der Waals surface area contributed by atoms with Crippen LogP contribution in [0.3, 0.4) is 0 Å². The number of rotatable bonds is 8. The van der Waals surface area contributed by atoms with Gasteiger partial charge in [0.15, 0.2) is 0 Å². The molecule has 0 amide bonds. The molecule has 25 heavy (non-hydrogen) atoms. The molecule has 0 fully saturated rings. The molecule has 2 heterocycles. The van der Waals surface area contributed by atoms with Crippen molar-refractivity contribution in [3.8, 4) is 0 Å². The van der Waals surface area contributed by atoms with Gasteiger partial charge in [-0.2, -0.15) is 0 Å². The van der Waals surface area contributed by atoms with E-state index in [4.69, 9.17) is 14.9 Å². The van der Waals surface area contributed by atoms with E-state index in [0.29, 0.717) is 31.5 Å². The van der Waals surface area contributed by atoms with E-state index < -0.39 is 11.2 Å². The summed E-state index contributed by atoms with van der Waals surface area (Å²) in [4.78, 5) is 28.5. The number of aromatic nitrogens is 4. The van der Waals surface area contributed by atoms with Crippen LogP contribution in [0.5, 0.6) is 0 Å². The number of hydrogen-bond acceptors (Lipinski definition) is 8. The van der Waals surface area contributed by atoms with Crippen molar-refractivity contribution in [2.45, 2.75) is 33.9 Å². The molecule has 0 aliphatic rings. The van der Waals surface area contributed by atoms with Gasteiger partial charge in [0.2, 0.25) is 11.8 Å². The second kappa shape index (κ2) is 7.97. The van der Waals surface area contributed by atoms with Gasteiger partial charge < -0.3 is 19.8 Å². The molecule has 0 spiro atoms. The molecule has 2 rings (SSSR count). The molecular weight excluding hydrogens is 328 g/mol. The molecule has 0 atom stereocenters. The second-order valence-electron chi connectivity index (χ2n) is 6.13. The van der Waals surface area contributed by atoms with Crippen molar-refractivity contribution in [1.82, 2.24) is 19.7 Å². The lowest BCUT2D eigenvalue weighted by Gasteiger charge is -2.25. The van der Waals surface area contributed by atoms with E-state index >= 15 is 0 Å². The molecule has 0 unspecified atom stereocenters. The molecule has 10 heteroatoms. The maximum Gasteiger partial charge on any atom is 0.330 e. The molecule has 0 saturated heterocycles. The van der Waals surface area contributed by atoms with E-state index in [0.717, 1.165) is 0 Å². The SMILES string of the molecule is COCCN(Cc1nnc(C)o1)c1c(N)n(CC(C)C)c(=O)[nH]c1=O. The molecular formula is C15H24N6O4. The van der Waals surface area contributed by atoms with Crippen molar-refractivity contribution in [3.05, 3.63) is 32.6 Å². The molecule has 0 aromatic carbocycles. The van der Waals surface area contributed by atoms with Gasteiger partial charge >= 0.3 is 5.69 Å². The molecule has 0 radical (unpaired) electrons. The van der Waals surface area contributed by atoms with Crippen LogP contribution >= 0.6 is 0 Å². The molecule has 2 aromatic rings. The zero-order valence-electron chi connectivity index (χ0n) is 14.9. The number of nitrogens with two attached hydrogens (primary N) is 1. The molecule has 2 aromatic heterocycles. The van der Waals surface area contributed by atoms with Crippen molar-refractivity contribution in [2.24, 2.45) is 5.92 Å². The van der Waals surface area contributed by atoms with E-state index in [1.807, 2.05) is 13.8 Å². The fraction of sp³-hybridized carbons (Fsp3) is 0.600. The Balaban J connectivity index is 2.47. The number of methoxy groups -OCH3 is 1. The number of aromatic amines is 1. The number of ether oxygens (including phenoxy) is 1. The average Bonchev–Trinajstić information content (AvgIpc) is 2.93. The summed E-state index contributed by atoms with van der Waals surface area (Å²) in [5.74, 6) is 1.06. The van der Waals surface area contributed by atoms with Crippen LogP contribution < -0.4 is 21.9 Å². The van der Waals surface area contributed by atoms with Crippen molar-refractivity contribution < 1.29 is 9.15 Å². The lowest BCUT2D eigenvalue weighted by Crippen LogP contribution is -2.40. The Labute approximate surface area is 144 Å². The highest BCUT2D eigenvalue weighted by Crippen LogP contribution is 2.19. The number of hydrogen-bond donors (Lipinski definition) is 2. The van der Waals surface area contributed by atoms with Crippen LogP contribution in [0.2, 0.25) is 0 Å². The van der Waals surface area contributed by atoms with E-state index in [2.05, 4.69) is 15.2 Å². The minimum Gasteiger partial charge on any atom is -0.424 e. The van der Waals surface area contributed by atoms with Crippen molar-refractivity contribution >= 4 is 11.5 Å². The van der Waals surface area contributed by atoms with Crippen LogP contribution in [-0.4, -0.2) is 40.0 Å². The topological polar surface area (TPSA) is 132 Å². The highest BCUT2D eigenvalue weighted by atomic mass is 16.5. The summed E-state index contributed by atoms with van der Waals surface area (Å²) in [5, 5.41) is 7.73. The highest BCUT2D eigenvalue weighted by Gasteiger charge is 2.21. The van der Waals surface area contributed by atoms with Crippen LogP contribution in [0.15, 0.2) is 14.0 Å². The first kappa shape index (κ1) is 18.7. The number of H-pyrrole nitrogens is 1. The first-order chi connectivity index (χ1) is 11.8. The summed E-state index contributed by atoms with van der Waals surface area (Å²) in [6.07, 6.45) is 0. The van der Waals surface area contributed by atoms with Crippen LogP contribution in [-0.2, 0) is 17.8 Å². The molecule has 138 valence electrons. The third kappa shape index (κ3) is 4.47. The van der Waals surface area contributed by atoms with Gasteiger partial charge in [-0.05, 0) is 5.92 Å². The fourth-order valence-corrected chi connectivity index (χ4v) is 2.47. The zero-order chi connectivity index (χ0) is 18.6. The van der Waals surface area contributed by atoms with Gasteiger partial charge in [-0.1, -0.05) is 13.8 Å². The van der Waals surface area contributed by atoms with Crippen molar-refractivity contribution in [2.75, 3.05) is 30.9 Å². The molecule has 0 saturated carbocycles. The monoisotopic (exact) mass is 352 g/mol. The summed E-state index contributed by atoms with van der Waals surface area (Å²) in [7, 11) is 1.56. The molecule has 10 nitrogen and oxygen atoms in total. The van der Waals surface area contributed by atoms with Gasteiger partial charge in [0.1, 0.15) is 11.5 Å². The van der Waals surface area contributed by atoms with Gasteiger partial charge in [-0.25, -0.2) is 4.79 Å². The Morgan fingerprint density at radius 1 is 1.36 bits per heavy atom. The predicted octanol–water partition coefficient (Wildman–Crippen LogP) is 0.119. The quantitative estimate of drug-likeness (QED) is 0.684. The van der Waals surface area contributed by atoms with Gasteiger partial charge in [0.25, 0.3) is 5.56 Å². The van der Waals surface area contributed by atoms with Crippen LogP contribution in [0.4, 0.5) is 11.5 Å². The Bertz CT molecular complexity index is 822. The normalized spacial score (nSPS) is 11.2. The van der Waals surface area contributed by atoms with E-state index in [1.165, 1.54) is 4.57 Å². The van der Waals surface area contributed by atoms with Crippen LogP contribution in [0.25, 0.3) is 0 Å². The third-order valence-corrected chi connectivity index (χ3v) is 3.54. The minimum atomic E-state index is -0.560. The molecule has 0 aliphatic carbocycles. The van der Waals surface area contributed by atoms with Crippen LogP contribution in [0, 0.1) is 12.8 Å². The molecule has 0 aliphatic heterocycles. The van der Waals surface area contributed by atoms with Gasteiger partial charge in [-0.3, -0.25) is 14.3 Å². The number of aryl methyl sites for hydroxylation is 1. The van der Waals surface area contributed by atoms with Crippen molar-refractivity contribution in [1.29, 1.82) is 0 Å². The molecule has 3 N–H and O–H groups in total. The summed E-state index contributed by atoms with van der Waals surface area (Å²) in [6.45, 7) is 6.89. The van der Waals surface area contributed by atoms with Gasteiger partial charge in [-0.15, -0.1) is 10.2 Å². The lowest BCUT2D eigenvalue weighted by atomic mass is 10.2. The number of nitrogen functional groups attached to an aromatic ring is 1. The van der Waals surface area contributed by atoms with Crippen molar-refractivity contribution in [3.63, 3.8) is 0 Å². The standard InChI is InChI=1S/C15H24N6O4/c1-9(2)7-21-13(16)12(14(22)17-15(21)23)20(5-6-24-4)8-11-19-18-10(3)25-11/h9H,5-8,16H2,1-4H3,(H,17,22,23). The maximum absolute atomic E-state index is 12.4. The van der Waals surface area contributed by atoms with Gasteiger partial charge in [0.05, 0.1) is 13.2 Å². The average molecular weight is 352 g/mol. The Hall–Kier alpha value is -2.62. The number of anilines is 2. The summed E-state index contributed by atoms with van der Waals surface area (Å²) in [5.41, 5.74) is 5.26. The summed E-state index contributed by atoms with van der Waals surface area (Å²) < 4.78 is 11.9. The zero-order valence-corrected chi connectivity index (χ0v) is 14.9. The minimum absolute atomic E-state index is 0.106. The van der Waals surface area contributed by atoms with Crippen LogP contribution in [0.1, 0.15) is 25.6 Å².